The summed E-state index contributed by atoms with van der Waals surface area (Å²) in [5.41, 5.74) is 6.68. The fourth-order valence-electron chi connectivity index (χ4n) is 2.14. The van der Waals surface area contributed by atoms with Crippen molar-refractivity contribution in [2.24, 2.45) is 0 Å². The number of tetrazole rings is 1. The van der Waals surface area contributed by atoms with Crippen molar-refractivity contribution in [3.63, 3.8) is 0 Å². The van der Waals surface area contributed by atoms with Gasteiger partial charge in [0.05, 0.1) is 7.11 Å². The normalized spacial score (nSPS) is 10.1. The van der Waals surface area contributed by atoms with Crippen LogP contribution in [0.3, 0.4) is 0 Å². The van der Waals surface area contributed by atoms with Crippen molar-refractivity contribution < 1.29 is 9.53 Å². The Balaban J connectivity index is 1.49. The van der Waals surface area contributed by atoms with Crippen LogP contribution >= 0.6 is 12.2 Å². The quantitative estimate of drug-likeness (QED) is 0.448. The van der Waals surface area contributed by atoms with Gasteiger partial charge in [-0.2, -0.15) is 4.80 Å². The molecule has 1 aromatic heterocycles. The molecule has 0 fully saturated rings. The number of benzene rings is 2. The molecule has 0 saturated carbocycles. The second kappa shape index (κ2) is 8.72. The molecule has 1 amide bonds. The third kappa shape index (κ3) is 5.22. The van der Waals surface area contributed by atoms with Crippen LogP contribution in [0.15, 0.2) is 54.6 Å². The third-order valence-corrected chi connectivity index (χ3v) is 3.64. The number of hydrogen-bond acceptors (Lipinski definition) is 6. The van der Waals surface area contributed by atoms with E-state index >= 15 is 0 Å². The average Bonchev–Trinajstić information content (AvgIpc) is 3.15. The number of anilines is 1. The number of hydrogen-bond donors (Lipinski definition) is 3. The predicted octanol–water partition coefficient (Wildman–Crippen LogP) is 1.37. The van der Waals surface area contributed by atoms with E-state index in [1.165, 1.54) is 4.80 Å². The van der Waals surface area contributed by atoms with Crippen LogP contribution in [0.1, 0.15) is 0 Å². The molecule has 0 atom stereocenters. The molecule has 0 unspecified atom stereocenters. The smallest absolute Gasteiger partial charge is 0.262 e. The monoisotopic (exact) mass is 383 g/mol. The molecule has 0 aliphatic heterocycles. The highest BCUT2D eigenvalue weighted by molar-refractivity contribution is 7.80. The molecule has 10 heteroatoms. The summed E-state index contributed by atoms with van der Waals surface area (Å²) in [6, 6.07) is 16.6. The lowest BCUT2D eigenvalue weighted by Crippen LogP contribution is -2.45. The number of thiocarbonyl (C=S) groups is 1. The molecular weight excluding hydrogens is 366 g/mol. The summed E-state index contributed by atoms with van der Waals surface area (Å²) in [5, 5.41) is 15.2. The van der Waals surface area contributed by atoms with Gasteiger partial charge >= 0.3 is 0 Å². The Labute approximate surface area is 160 Å². The summed E-state index contributed by atoms with van der Waals surface area (Å²) in [6.07, 6.45) is 0. The summed E-state index contributed by atoms with van der Waals surface area (Å²) in [7, 11) is 1.59. The van der Waals surface area contributed by atoms with Gasteiger partial charge in [-0.1, -0.05) is 18.2 Å². The van der Waals surface area contributed by atoms with Crippen molar-refractivity contribution >= 4 is 28.9 Å². The highest BCUT2D eigenvalue weighted by atomic mass is 32.1. The van der Waals surface area contributed by atoms with Crippen LogP contribution in [0, 0.1) is 0 Å². The zero-order valence-corrected chi connectivity index (χ0v) is 15.2. The van der Waals surface area contributed by atoms with Crippen molar-refractivity contribution in [2.75, 3.05) is 12.4 Å². The Morgan fingerprint density at radius 2 is 1.85 bits per heavy atom. The highest BCUT2D eigenvalue weighted by Gasteiger charge is 2.10. The molecule has 0 saturated heterocycles. The van der Waals surface area contributed by atoms with Crippen molar-refractivity contribution in [1.82, 2.24) is 31.1 Å². The Hall–Kier alpha value is -3.53. The second-order valence-corrected chi connectivity index (χ2v) is 5.77. The Bertz CT molecular complexity index is 913. The zero-order chi connectivity index (χ0) is 19.1. The van der Waals surface area contributed by atoms with Gasteiger partial charge < -0.3 is 10.1 Å². The van der Waals surface area contributed by atoms with E-state index in [0.29, 0.717) is 5.82 Å². The maximum absolute atomic E-state index is 12.0. The molecular formula is C17H17N7O2S. The summed E-state index contributed by atoms with van der Waals surface area (Å²) in [4.78, 5) is 13.2. The molecule has 3 N–H and O–H groups in total. The van der Waals surface area contributed by atoms with Gasteiger partial charge in [0.1, 0.15) is 12.3 Å². The molecule has 27 heavy (non-hydrogen) atoms. The first kappa shape index (κ1) is 18.3. The lowest BCUT2D eigenvalue weighted by molar-refractivity contribution is -0.122. The van der Waals surface area contributed by atoms with Gasteiger partial charge in [-0.25, -0.2) is 0 Å². The fourth-order valence-corrected chi connectivity index (χ4v) is 2.31. The predicted molar refractivity (Wildman–Crippen MR) is 104 cm³/mol. The number of methoxy groups -OCH3 is 1. The molecule has 3 rings (SSSR count). The molecule has 0 radical (unpaired) electrons. The van der Waals surface area contributed by atoms with Crippen molar-refractivity contribution in [1.29, 1.82) is 0 Å². The molecule has 0 spiro atoms. The molecule has 0 bridgehead atoms. The molecule has 3 aromatic rings. The molecule has 0 aliphatic carbocycles. The summed E-state index contributed by atoms with van der Waals surface area (Å²) in [6.45, 7) is -0.107. The second-order valence-electron chi connectivity index (χ2n) is 5.37. The molecule has 138 valence electrons. The minimum absolute atomic E-state index is 0.107. The van der Waals surface area contributed by atoms with Crippen LogP contribution in [-0.4, -0.2) is 38.3 Å². The number of carbonyl (C=O) groups excluding carboxylic acids is 1. The largest absolute Gasteiger partial charge is 0.497 e. The van der Waals surface area contributed by atoms with E-state index in [-0.39, 0.29) is 17.6 Å². The van der Waals surface area contributed by atoms with E-state index in [1.54, 1.807) is 19.2 Å². The van der Waals surface area contributed by atoms with Gasteiger partial charge in [0.15, 0.2) is 5.11 Å². The van der Waals surface area contributed by atoms with Crippen molar-refractivity contribution in [2.45, 2.75) is 6.54 Å². The highest BCUT2D eigenvalue weighted by Crippen LogP contribution is 2.18. The van der Waals surface area contributed by atoms with E-state index in [1.807, 2.05) is 42.5 Å². The van der Waals surface area contributed by atoms with E-state index < -0.39 is 0 Å². The van der Waals surface area contributed by atoms with Crippen LogP contribution in [0.2, 0.25) is 0 Å². The molecule has 1 heterocycles. The first-order valence-electron chi connectivity index (χ1n) is 7.97. The molecule has 2 aromatic carbocycles. The van der Waals surface area contributed by atoms with E-state index in [0.717, 1.165) is 17.0 Å². The van der Waals surface area contributed by atoms with Gasteiger partial charge in [0.2, 0.25) is 5.82 Å². The summed E-state index contributed by atoms with van der Waals surface area (Å²) >= 11 is 5.11. The number of rotatable bonds is 5. The number of ether oxygens (including phenoxy) is 1. The van der Waals surface area contributed by atoms with Crippen LogP contribution < -0.4 is 20.9 Å². The first-order chi connectivity index (χ1) is 13.1. The van der Waals surface area contributed by atoms with Crippen LogP contribution in [0.4, 0.5) is 5.69 Å². The lowest BCUT2D eigenvalue weighted by Gasteiger charge is -2.11. The SMILES string of the molecule is COc1ccc(-c2nnn(CC(=O)NNC(=S)Nc3ccccc3)n2)cc1. The number of hydrazine groups is 1. The standard InChI is InChI=1S/C17H17N7O2S/c1-26-14-9-7-12(8-10-14)16-20-23-24(22-16)11-15(25)19-21-17(27)18-13-5-3-2-4-6-13/h2-10H,11H2,1H3,(H,19,25)(H2,18,21,27). The topological polar surface area (TPSA) is 106 Å². The first-order valence-corrected chi connectivity index (χ1v) is 8.38. The van der Waals surface area contributed by atoms with Gasteiger partial charge in [-0.15, -0.1) is 10.2 Å². The van der Waals surface area contributed by atoms with Gasteiger partial charge in [0.25, 0.3) is 5.91 Å². The minimum atomic E-state index is -0.370. The summed E-state index contributed by atoms with van der Waals surface area (Å²) < 4.78 is 5.11. The van der Waals surface area contributed by atoms with Crippen molar-refractivity contribution in [3.8, 4) is 17.1 Å². The van der Waals surface area contributed by atoms with Crippen LogP contribution in [0.25, 0.3) is 11.4 Å². The molecule has 0 aliphatic rings. The van der Waals surface area contributed by atoms with Crippen LogP contribution in [-0.2, 0) is 11.3 Å². The Kier molecular flexibility index (Phi) is 5.90. The minimum Gasteiger partial charge on any atom is -0.497 e. The number of para-hydroxylation sites is 1. The third-order valence-electron chi connectivity index (χ3n) is 3.43. The Morgan fingerprint density at radius 3 is 2.56 bits per heavy atom. The van der Waals surface area contributed by atoms with E-state index in [9.17, 15) is 4.79 Å². The number of amides is 1. The molecule has 9 nitrogen and oxygen atoms in total. The fraction of sp³-hybridized carbons (Fsp3) is 0.118. The number of aromatic nitrogens is 4. The zero-order valence-electron chi connectivity index (χ0n) is 14.4. The lowest BCUT2D eigenvalue weighted by atomic mass is 10.2. The maximum atomic E-state index is 12.0. The van der Waals surface area contributed by atoms with Crippen LogP contribution in [0.5, 0.6) is 5.75 Å². The van der Waals surface area contributed by atoms with E-state index in [4.69, 9.17) is 17.0 Å². The Morgan fingerprint density at radius 1 is 1.11 bits per heavy atom. The van der Waals surface area contributed by atoms with Crippen molar-refractivity contribution in [3.05, 3.63) is 54.6 Å². The summed E-state index contributed by atoms with van der Waals surface area (Å²) in [5.74, 6) is 0.780. The van der Waals surface area contributed by atoms with Gasteiger partial charge in [-0.3, -0.25) is 15.6 Å². The number of carbonyl (C=O) groups is 1. The van der Waals surface area contributed by atoms with Gasteiger partial charge in [-0.05, 0) is 53.8 Å². The van der Waals surface area contributed by atoms with Gasteiger partial charge in [0, 0.05) is 11.3 Å². The van der Waals surface area contributed by atoms with E-state index in [2.05, 4.69) is 31.6 Å². The number of nitrogens with one attached hydrogen (secondary N) is 3. The number of nitrogens with zero attached hydrogens (tertiary/aromatic N) is 4. The average molecular weight is 383 g/mol. The maximum Gasteiger partial charge on any atom is 0.262 e.